The lowest BCUT2D eigenvalue weighted by atomic mass is 10.0. The van der Waals surface area contributed by atoms with Gasteiger partial charge in [-0.2, -0.15) is 0 Å². The summed E-state index contributed by atoms with van der Waals surface area (Å²) in [7, 11) is -3.59. The SMILES string of the molecule is Cc1ccc([C@H](C)NC(=O)CN(c2cc(C)ccc2C)S(C)(=O)=O)c(C)c1. The highest BCUT2D eigenvalue weighted by Crippen LogP contribution is 2.24. The molecule has 0 aliphatic carbocycles. The van der Waals surface area contributed by atoms with Gasteiger partial charge in [-0.25, -0.2) is 8.42 Å². The maximum Gasteiger partial charge on any atom is 0.241 e. The molecule has 0 aliphatic rings. The standard InChI is InChI=1S/C21H28N2O3S/c1-14-8-10-19(17(4)11-14)18(5)22-21(24)13-23(27(6,25)26)20-12-15(2)7-9-16(20)3/h7-12,18H,13H2,1-6H3,(H,22,24)/t18-/m0/s1. The number of carbonyl (C=O) groups excluding carboxylic acids is 1. The molecule has 5 nitrogen and oxygen atoms in total. The third-order valence-corrected chi connectivity index (χ3v) is 5.72. The predicted molar refractivity (Wildman–Crippen MR) is 111 cm³/mol. The van der Waals surface area contributed by atoms with Gasteiger partial charge in [-0.05, 0) is 62.9 Å². The Balaban J connectivity index is 2.23. The lowest BCUT2D eigenvalue weighted by Crippen LogP contribution is -2.41. The van der Waals surface area contributed by atoms with Gasteiger partial charge in [-0.1, -0.05) is 35.9 Å². The number of hydrogen-bond donors (Lipinski definition) is 1. The molecular weight excluding hydrogens is 360 g/mol. The number of nitrogens with one attached hydrogen (secondary N) is 1. The van der Waals surface area contributed by atoms with Crippen molar-refractivity contribution >= 4 is 21.6 Å². The van der Waals surface area contributed by atoms with Gasteiger partial charge in [-0.15, -0.1) is 0 Å². The minimum Gasteiger partial charge on any atom is -0.348 e. The van der Waals surface area contributed by atoms with Crippen molar-refractivity contribution in [3.05, 3.63) is 64.2 Å². The molecule has 27 heavy (non-hydrogen) atoms. The Kier molecular flexibility index (Phi) is 6.31. The number of carbonyl (C=O) groups is 1. The first-order chi connectivity index (χ1) is 12.5. The first kappa shape index (κ1) is 21.0. The molecule has 6 heteroatoms. The van der Waals surface area contributed by atoms with Crippen LogP contribution in [0.2, 0.25) is 0 Å². The van der Waals surface area contributed by atoms with Crippen LogP contribution in [0.4, 0.5) is 5.69 Å². The molecule has 0 unspecified atom stereocenters. The molecule has 1 atom stereocenters. The van der Waals surface area contributed by atoms with Crippen molar-refractivity contribution < 1.29 is 13.2 Å². The van der Waals surface area contributed by atoms with Crippen LogP contribution in [0.1, 0.15) is 40.8 Å². The fraction of sp³-hybridized carbons (Fsp3) is 0.381. The quantitative estimate of drug-likeness (QED) is 0.823. The van der Waals surface area contributed by atoms with Crippen molar-refractivity contribution in [2.45, 2.75) is 40.7 Å². The molecule has 0 saturated heterocycles. The van der Waals surface area contributed by atoms with E-state index in [2.05, 4.69) is 11.4 Å². The molecule has 0 bridgehead atoms. The smallest absolute Gasteiger partial charge is 0.241 e. The monoisotopic (exact) mass is 388 g/mol. The average Bonchev–Trinajstić information content (AvgIpc) is 2.54. The van der Waals surface area contributed by atoms with E-state index in [0.717, 1.165) is 34.1 Å². The van der Waals surface area contributed by atoms with Gasteiger partial charge in [0.15, 0.2) is 0 Å². The lowest BCUT2D eigenvalue weighted by Gasteiger charge is -2.25. The first-order valence-electron chi connectivity index (χ1n) is 8.90. The summed E-state index contributed by atoms with van der Waals surface area (Å²) in [6, 6.07) is 11.4. The summed E-state index contributed by atoms with van der Waals surface area (Å²) in [6.45, 7) is 9.41. The third-order valence-electron chi connectivity index (χ3n) is 4.59. The van der Waals surface area contributed by atoms with Crippen LogP contribution in [-0.4, -0.2) is 27.1 Å². The zero-order valence-corrected chi connectivity index (χ0v) is 17.6. The van der Waals surface area contributed by atoms with E-state index >= 15 is 0 Å². The normalized spacial score (nSPS) is 12.5. The number of amides is 1. The van der Waals surface area contributed by atoms with Crippen LogP contribution in [0.5, 0.6) is 0 Å². The Morgan fingerprint density at radius 3 is 2.19 bits per heavy atom. The maximum atomic E-state index is 12.6. The molecule has 0 aliphatic heterocycles. The van der Waals surface area contributed by atoms with Crippen LogP contribution in [0, 0.1) is 27.7 Å². The fourth-order valence-electron chi connectivity index (χ4n) is 3.18. The maximum absolute atomic E-state index is 12.6. The summed E-state index contributed by atoms with van der Waals surface area (Å²) >= 11 is 0. The third kappa shape index (κ3) is 5.32. The van der Waals surface area contributed by atoms with Gasteiger partial charge in [0.1, 0.15) is 6.54 Å². The molecule has 0 radical (unpaired) electrons. The first-order valence-corrected chi connectivity index (χ1v) is 10.8. The van der Waals surface area contributed by atoms with Gasteiger partial charge >= 0.3 is 0 Å². The van der Waals surface area contributed by atoms with Crippen LogP contribution in [0.3, 0.4) is 0 Å². The molecule has 2 aromatic rings. The van der Waals surface area contributed by atoms with Crippen LogP contribution in [0.15, 0.2) is 36.4 Å². The second-order valence-electron chi connectivity index (χ2n) is 7.21. The summed E-state index contributed by atoms with van der Waals surface area (Å²) in [6.07, 6.45) is 1.12. The summed E-state index contributed by atoms with van der Waals surface area (Å²) in [5, 5.41) is 2.92. The molecule has 2 rings (SSSR count). The Hall–Kier alpha value is -2.34. The van der Waals surface area contributed by atoms with E-state index in [-0.39, 0.29) is 18.5 Å². The number of hydrogen-bond acceptors (Lipinski definition) is 3. The summed E-state index contributed by atoms with van der Waals surface area (Å²) in [4.78, 5) is 12.6. The van der Waals surface area contributed by atoms with Gasteiger partial charge in [-0.3, -0.25) is 9.10 Å². The van der Waals surface area contributed by atoms with Gasteiger partial charge < -0.3 is 5.32 Å². The van der Waals surface area contributed by atoms with Crippen LogP contribution < -0.4 is 9.62 Å². The van der Waals surface area contributed by atoms with Crippen LogP contribution in [-0.2, 0) is 14.8 Å². The molecule has 0 saturated carbocycles. The van der Waals surface area contributed by atoms with Crippen molar-refractivity contribution in [3.63, 3.8) is 0 Å². The largest absolute Gasteiger partial charge is 0.348 e. The second kappa shape index (κ2) is 8.13. The molecule has 0 heterocycles. The van der Waals surface area contributed by atoms with E-state index in [4.69, 9.17) is 0 Å². The van der Waals surface area contributed by atoms with Gasteiger partial charge in [0.25, 0.3) is 0 Å². The zero-order valence-electron chi connectivity index (χ0n) is 16.8. The van der Waals surface area contributed by atoms with Crippen molar-refractivity contribution in [1.29, 1.82) is 0 Å². The number of aryl methyl sites for hydroxylation is 4. The summed E-state index contributed by atoms with van der Waals surface area (Å²) in [5.74, 6) is -0.339. The number of nitrogens with zero attached hydrogens (tertiary/aromatic N) is 1. The number of benzene rings is 2. The second-order valence-corrected chi connectivity index (χ2v) is 9.12. The fourth-order valence-corrected chi connectivity index (χ4v) is 4.08. The minimum atomic E-state index is -3.59. The van der Waals surface area contributed by atoms with E-state index in [1.807, 2.05) is 58.9 Å². The van der Waals surface area contributed by atoms with E-state index in [0.29, 0.717) is 5.69 Å². The summed E-state index contributed by atoms with van der Waals surface area (Å²) < 4.78 is 25.8. The highest BCUT2D eigenvalue weighted by atomic mass is 32.2. The molecule has 146 valence electrons. The highest BCUT2D eigenvalue weighted by molar-refractivity contribution is 7.92. The van der Waals surface area contributed by atoms with Gasteiger partial charge in [0.05, 0.1) is 18.0 Å². The minimum absolute atomic E-state index is 0.210. The Bertz CT molecular complexity index is 952. The number of anilines is 1. The van der Waals surface area contributed by atoms with E-state index < -0.39 is 10.0 Å². The molecular formula is C21H28N2O3S. The number of rotatable bonds is 6. The Morgan fingerprint density at radius 1 is 1.00 bits per heavy atom. The van der Waals surface area contributed by atoms with Gasteiger partial charge in [0.2, 0.25) is 15.9 Å². The van der Waals surface area contributed by atoms with E-state index in [1.54, 1.807) is 6.07 Å². The van der Waals surface area contributed by atoms with Crippen LogP contribution >= 0.6 is 0 Å². The number of sulfonamides is 1. The Morgan fingerprint density at radius 2 is 1.59 bits per heavy atom. The molecule has 0 spiro atoms. The molecule has 0 fully saturated rings. The average molecular weight is 389 g/mol. The molecule has 0 aromatic heterocycles. The predicted octanol–water partition coefficient (Wildman–Crippen LogP) is 3.56. The van der Waals surface area contributed by atoms with Crippen molar-refractivity contribution in [1.82, 2.24) is 5.32 Å². The topological polar surface area (TPSA) is 66.5 Å². The van der Waals surface area contributed by atoms with Crippen LogP contribution in [0.25, 0.3) is 0 Å². The molecule has 2 aromatic carbocycles. The van der Waals surface area contributed by atoms with Crippen molar-refractivity contribution in [2.75, 3.05) is 17.1 Å². The lowest BCUT2D eigenvalue weighted by molar-refractivity contribution is -0.120. The Labute approximate surface area is 162 Å². The van der Waals surface area contributed by atoms with E-state index in [9.17, 15) is 13.2 Å². The van der Waals surface area contributed by atoms with E-state index in [1.165, 1.54) is 4.31 Å². The summed E-state index contributed by atoms with van der Waals surface area (Å²) in [5.41, 5.74) is 5.55. The van der Waals surface area contributed by atoms with Crippen molar-refractivity contribution in [3.8, 4) is 0 Å². The zero-order chi connectivity index (χ0) is 20.4. The highest BCUT2D eigenvalue weighted by Gasteiger charge is 2.23. The molecule has 1 N–H and O–H groups in total. The molecule has 1 amide bonds. The van der Waals surface area contributed by atoms with Gasteiger partial charge in [0, 0.05) is 0 Å². The van der Waals surface area contributed by atoms with Crippen molar-refractivity contribution in [2.24, 2.45) is 0 Å².